The van der Waals surface area contributed by atoms with E-state index in [2.05, 4.69) is 4.74 Å². The van der Waals surface area contributed by atoms with Crippen LogP contribution < -0.4 is 0 Å². The van der Waals surface area contributed by atoms with Crippen molar-refractivity contribution in [3.8, 4) is 0 Å². The Labute approximate surface area is 91.8 Å². The minimum atomic E-state index is -0.482. The van der Waals surface area contributed by atoms with Gasteiger partial charge in [-0.2, -0.15) is 0 Å². The molecule has 0 amide bonds. The molecule has 0 aliphatic rings. The molecule has 0 atom stereocenters. The lowest BCUT2D eigenvalue weighted by atomic mass is 10.2. The molecular formula is C12H10O4. The molecule has 82 valence electrons. The number of para-hydroxylation sites is 1. The summed E-state index contributed by atoms with van der Waals surface area (Å²) in [5, 5.41) is 0.855. The Morgan fingerprint density at radius 2 is 2.06 bits per heavy atom. The van der Waals surface area contributed by atoms with Crippen LogP contribution in [0.1, 0.15) is 17.5 Å². The highest BCUT2D eigenvalue weighted by molar-refractivity contribution is 5.98. The first-order valence-electron chi connectivity index (χ1n) is 4.82. The first-order valence-corrected chi connectivity index (χ1v) is 4.82. The standard InChI is InChI=1S/C12H10O4/c1-8(13)15-7-10(14)12-6-9-4-2-3-5-11(9)16-12/h2-6H,7H2,1H3. The zero-order valence-electron chi connectivity index (χ0n) is 8.73. The van der Waals surface area contributed by atoms with Gasteiger partial charge in [0.1, 0.15) is 5.58 Å². The van der Waals surface area contributed by atoms with Gasteiger partial charge in [0.2, 0.25) is 5.78 Å². The van der Waals surface area contributed by atoms with E-state index in [4.69, 9.17) is 4.42 Å². The summed E-state index contributed by atoms with van der Waals surface area (Å²) in [6, 6.07) is 8.95. The number of carbonyl (C=O) groups excluding carboxylic acids is 2. The quantitative estimate of drug-likeness (QED) is 0.585. The number of hydrogen-bond acceptors (Lipinski definition) is 4. The van der Waals surface area contributed by atoms with Crippen LogP contribution in [0.2, 0.25) is 0 Å². The van der Waals surface area contributed by atoms with E-state index in [1.165, 1.54) is 6.92 Å². The largest absolute Gasteiger partial charge is 0.457 e. The van der Waals surface area contributed by atoms with Crippen molar-refractivity contribution in [2.75, 3.05) is 6.61 Å². The molecule has 0 radical (unpaired) electrons. The lowest BCUT2D eigenvalue weighted by molar-refractivity contribution is -0.139. The second-order valence-electron chi connectivity index (χ2n) is 3.35. The Morgan fingerprint density at radius 1 is 1.31 bits per heavy atom. The van der Waals surface area contributed by atoms with Gasteiger partial charge in [0, 0.05) is 12.3 Å². The zero-order chi connectivity index (χ0) is 11.5. The molecule has 0 aliphatic carbocycles. The number of hydrogen-bond donors (Lipinski definition) is 0. The van der Waals surface area contributed by atoms with Gasteiger partial charge in [-0.1, -0.05) is 18.2 Å². The van der Waals surface area contributed by atoms with E-state index in [1.54, 1.807) is 12.1 Å². The highest BCUT2D eigenvalue weighted by atomic mass is 16.5. The van der Waals surface area contributed by atoms with Crippen molar-refractivity contribution in [2.45, 2.75) is 6.92 Å². The van der Waals surface area contributed by atoms with Crippen LogP contribution in [-0.4, -0.2) is 18.4 Å². The van der Waals surface area contributed by atoms with Gasteiger partial charge in [0.05, 0.1) is 0 Å². The van der Waals surface area contributed by atoms with Crippen molar-refractivity contribution >= 4 is 22.7 Å². The Kier molecular flexibility index (Phi) is 2.72. The number of Topliss-reactive ketones (excluding diaryl/α,β-unsaturated/α-hetero) is 1. The second-order valence-corrected chi connectivity index (χ2v) is 3.35. The SMILES string of the molecule is CC(=O)OCC(=O)c1cc2ccccc2o1. The van der Waals surface area contributed by atoms with Gasteiger partial charge >= 0.3 is 5.97 Å². The van der Waals surface area contributed by atoms with Crippen LogP contribution in [0, 0.1) is 0 Å². The van der Waals surface area contributed by atoms with Gasteiger partial charge in [-0.05, 0) is 12.1 Å². The molecule has 1 aromatic heterocycles. The summed E-state index contributed by atoms with van der Waals surface area (Å²) in [5.74, 6) is -0.613. The fourth-order valence-electron chi connectivity index (χ4n) is 1.36. The molecule has 1 aromatic carbocycles. The van der Waals surface area contributed by atoms with Crippen LogP contribution in [0.15, 0.2) is 34.7 Å². The smallest absolute Gasteiger partial charge is 0.303 e. The second kappa shape index (κ2) is 4.18. The molecular weight excluding hydrogens is 208 g/mol. The predicted molar refractivity (Wildman–Crippen MR) is 57.2 cm³/mol. The molecule has 0 saturated carbocycles. The number of esters is 1. The van der Waals surface area contributed by atoms with E-state index in [1.807, 2.05) is 18.2 Å². The highest BCUT2D eigenvalue weighted by Crippen LogP contribution is 2.19. The maximum Gasteiger partial charge on any atom is 0.303 e. The number of ketones is 1. The average Bonchev–Trinajstić information content (AvgIpc) is 2.69. The molecule has 4 nitrogen and oxygen atoms in total. The Balaban J connectivity index is 2.20. The van der Waals surface area contributed by atoms with E-state index in [-0.39, 0.29) is 18.2 Å². The molecule has 0 N–H and O–H groups in total. The van der Waals surface area contributed by atoms with E-state index in [9.17, 15) is 9.59 Å². The number of carbonyl (C=O) groups is 2. The Morgan fingerprint density at radius 3 is 2.75 bits per heavy atom. The van der Waals surface area contributed by atoms with Crippen LogP contribution in [0.4, 0.5) is 0 Å². The van der Waals surface area contributed by atoms with Crippen molar-refractivity contribution in [1.82, 2.24) is 0 Å². The van der Waals surface area contributed by atoms with Crippen LogP contribution in [0.3, 0.4) is 0 Å². The maximum atomic E-state index is 11.5. The summed E-state index contributed by atoms with van der Waals surface area (Å²) in [6.07, 6.45) is 0. The first kappa shape index (κ1) is 10.4. The topological polar surface area (TPSA) is 56.5 Å². The summed E-state index contributed by atoms with van der Waals surface area (Å²) < 4.78 is 9.93. The summed E-state index contributed by atoms with van der Waals surface area (Å²) in [4.78, 5) is 22.1. The van der Waals surface area contributed by atoms with E-state index >= 15 is 0 Å². The van der Waals surface area contributed by atoms with Crippen LogP contribution in [0.25, 0.3) is 11.0 Å². The minimum absolute atomic E-state index is 0.211. The van der Waals surface area contributed by atoms with Crippen molar-refractivity contribution in [3.63, 3.8) is 0 Å². The molecule has 0 saturated heterocycles. The fourth-order valence-corrected chi connectivity index (χ4v) is 1.36. The van der Waals surface area contributed by atoms with Crippen LogP contribution >= 0.6 is 0 Å². The minimum Gasteiger partial charge on any atom is -0.457 e. The zero-order valence-corrected chi connectivity index (χ0v) is 8.73. The van der Waals surface area contributed by atoms with Gasteiger partial charge in [-0.3, -0.25) is 9.59 Å². The number of benzene rings is 1. The summed E-state index contributed by atoms with van der Waals surface area (Å²) in [7, 11) is 0. The molecule has 0 bridgehead atoms. The van der Waals surface area contributed by atoms with E-state index < -0.39 is 5.97 Å². The third-order valence-electron chi connectivity index (χ3n) is 2.11. The summed E-state index contributed by atoms with van der Waals surface area (Å²) in [5.41, 5.74) is 0.647. The van der Waals surface area contributed by atoms with Crippen molar-refractivity contribution in [2.24, 2.45) is 0 Å². The van der Waals surface area contributed by atoms with Crippen LogP contribution in [-0.2, 0) is 9.53 Å². The third-order valence-corrected chi connectivity index (χ3v) is 2.11. The Bertz CT molecular complexity index is 506. The van der Waals surface area contributed by atoms with Crippen molar-refractivity contribution < 1.29 is 18.7 Å². The summed E-state index contributed by atoms with van der Waals surface area (Å²) in [6.45, 7) is 0.973. The molecule has 0 unspecified atom stereocenters. The molecule has 16 heavy (non-hydrogen) atoms. The molecule has 2 rings (SSSR count). The van der Waals surface area contributed by atoms with Gasteiger partial charge in [0.25, 0.3) is 0 Å². The monoisotopic (exact) mass is 218 g/mol. The molecule has 2 aromatic rings. The van der Waals surface area contributed by atoms with Crippen molar-refractivity contribution in [1.29, 1.82) is 0 Å². The number of ether oxygens (including phenoxy) is 1. The normalized spacial score (nSPS) is 10.3. The average molecular weight is 218 g/mol. The van der Waals surface area contributed by atoms with Crippen LogP contribution in [0.5, 0.6) is 0 Å². The Hall–Kier alpha value is -2.10. The van der Waals surface area contributed by atoms with E-state index in [0.717, 1.165) is 5.39 Å². The lowest BCUT2D eigenvalue weighted by Crippen LogP contribution is -2.10. The maximum absolute atomic E-state index is 11.5. The molecule has 0 fully saturated rings. The highest BCUT2D eigenvalue weighted by Gasteiger charge is 2.13. The molecule has 0 spiro atoms. The first-order chi connectivity index (χ1) is 7.66. The predicted octanol–water partition coefficient (Wildman–Crippen LogP) is 2.18. The molecule has 0 aliphatic heterocycles. The number of furan rings is 1. The number of rotatable bonds is 3. The van der Waals surface area contributed by atoms with Gasteiger partial charge < -0.3 is 9.15 Å². The van der Waals surface area contributed by atoms with Gasteiger partial charge in [-0.15, -0.1) is 0 Å². The summed E-state index contributed by atoms with van der Waals surface area (Å²) >= 11 is 0. The third kappa shape index (κ3) is 2.11. The van der Waals surface area contributed by atoms with Gasteiger partial charge in [-0.25, -0.2) is 0 Å². The molecule has 1 heterocycles. The number of fused-ring (bicyclic) bond motifs is 1. The van der Waals surface area contributed by atoms with E-state index in [0.29, 0.717) is 5.58 Å². The van der Waals surface area contributed by atoms with Gasteiger partial charge in [0.15, 0.2) is 12.4 Å². The lowest BCUT2D eigenvalue weighted by Gasteiger charge is -1.97. The van der Waals surface area contributed by atoms with Crippen molar-refractivity contribution in [3.05, 3.63) is 36.1 Å². The fraction of sp³-hybridized carbons (Fsp3) is 0.167. The molecule has 4 heteroatoms.